The van der Waals surface area contributed by atoms with Crippen molar-refractivity contribution in [1.82, 2.24) is 15.5 Å². The maximum atomic E-state index is 4.73. The van der Waals surface area contributed by atoms with Crippen molar-refractivity contribution in [3.8, 4) is 0 Å². The zero-order valence-electron chi connectivity index (χ0n) is 22.0. The van der Waals surface area contributed by atoms with Crippen LogP contribution in [0.2, 0.25) is 0 Å². The van der Waals surface area contributed by atoms with Crippen LogP contribution in [-0.2, 0) is 12.8 Å². The van der Waals surface area contributed by atoms with Crippen molar-refractivity contribution in [2.45, 2.75) is 84.5 Å². The molecule has 0 amide bonds. The molecule has 1 aromatic rings. The monoisotopic (exact) mass is 459 g/mol. The third-order valence-electron chi connectivity index (χ3n) is 7.09. The van der Waals surface area contributed by atoms with Crippen LogP contribution in [0.4, 0.5) is 0 Å². The van der Waals surface area contributed by atoms with Crippen molar-refractivity contribution >= 4 is 0 Å². The lowest BCUT2D eigenvalue weighted by Gasteiger charge is -2.51. The minimum absolute atomic E-state index is 0.0405. The number of benzene rings is 1. The molecule has 1 unspecified atom stereocenters. The van der Waals surface area contributed by atoms with E-state index in [9.17, 15) is 0 Å². The summed E-state index contributed by atoms with van der Waals surface area (Å²) in [5.74, 6) is 0.985. The van der Waals surface area contributed by atoms with Crippen molar-refractivity contribution < 1.29 is 0 Å². The second kappa shape index (κ2) is 11.2. The molecule has 1 saturated heterocycles. The molecule has 0 radical (unpaired) electrons. The highest BCUT2D eigenvalue weighted by Crippen LogP contribution is 2.39. The Morgan fingerprint density at radius 1 is 1.15 bits per heavy atom. The van der Waals surface area contributed by atoms with Crippen LogP contribution in [0.1, 0.15) is 58.6 Å². The fourth-order valence-electron chi connectivity index (χ4n) is 5.70. The molecule has 1 heterocycles. The van der Waals surface area contributed by atoms with E-state index in [1.165, 1.54) is 16.7 Å². The summed E-state index contributed by atoms with van der Waals surface area (Å²) in [4.78, 5) is 2.51. The molecule has 3 nitrogen and oxygen atoms in total. The number of piperazine rings is 1. The van der Waals surface area contributed by atoms with E-state index in [-0.39, 0.29) is 18.1 Å². The molecule has 184 valence electrons. The van der Waals surface area contributed by atoms with Crippen molar-refractivity contribution in [3.05, 3.63) is 96.5 Å². The summed E-state index contributed by atoms with van der Waals surface area (Å²) >= 11 is 0. The molecule has 0 spiro atoms. The van der Waals surface area contributed by atoms with Gasteiger partial charge in [-0.15, -0.1) is 0 Å². The maximum absolute atomic E-state index is 4.73. The Morgan fingerprint density at radius 2 is 1.76 bits per heavy atom. The molecule has 0 bridgehead atoms. The third-order valence-corrected chi connectivity index (χ3v) is 7.09. The van der Waals surface area contributed by atoms with Crippen LogP contribution in [-0.4, -0.2) is 29.1 Å². The zero-order chi connectivity index (χ0) is 25.0. The second-order valence-corrected chi connectivity index (χ2v) is 10.7. The topological polar surface area (TPSA) is 27.3 Å². The smallest absolute Gasteiger partial charge is 0.0936 e. The first kappa shape index (κ1) is 25.9. The van der Waals surface area contributed by atoms with Gasteiger partial charge in [0.25, 0.3) is 0 Å². The molecule has 3 atom stereocenters. The first-order valence-corrected chi connectivity index (χ1v) is 12.9. The molecule has 1 aliphatic carbocycles. The molecule has 0 aromatic heterocycles. The average Bonchev–Trinajstić information content (AvgIpc) is 3.20. The van der Waals surface area contributed by atoms with Crippen LogP contribution in [0.3, 0.4) is 0 Å². The van der Waals surface area contributed by atoms with Crippen molar-refractivity contribution in [3.63, 3.8) is 0 Å². The van der Waals surface area contributed by atoms with E-state index < -0.39 is 0 Å². The number of nitrogens with one attached hydrogen (secondary N) is 2. The van der Waals surface area contributed by atoms with Gasteiger partial charge >= 0.3 is 0 Å². The molecule has 0 saturated carbocycles. The molecule has 34 heavy (non-hydrogen) atoms. The fraction of sp³-hybridized carbons (Fsp3) is 0.484. The highest BCUT2D eigenvalue weighted by molar-refractivity contribution is 5.39. The normalized spacial score (nSPS) is 22.1. The highest BCUT2D eigenvalue weighted by Gasteiger charge is 2.43. The van der Waals surface area contributed by atoms with Gasteiger partial charge < -0.3 is 15.5 Å². The number of fused-ring (bicyclic) bond motifs is 1. The summed E-state index contributed by atoms with van der Waals surface area (Å²) in [6.07, 6.45) is 8.35. The van der Waals surface area contributed by atoms with Crippen LogP contribution in [0.25, 0.3) is 0 Å². The van der Waals surface area contributed by atoms with Gasteiger partial charge in [0.1, 0.15) is 0 Å². The van der Waals surface area contributed by atoms with Crippen LogP contribution >= 0.6 is 0 Å². The van der Waals surface area contributed by atoms with Crippen molar-refractivity contribution in [1.29, 1.82) is 0 Å². The molecule has 2 N–H and O–H groups in total. The molecule has 3 rings (SSSR count). The average molecular weight is 460 g/mol. The largest absolute Gasteiger partial charge is 0.385 e. The first-order chi connectivity index (χ1) is 16.2. The molecule has 2 aliphatic rings. The molecule has 1 aliphatic heterocycles. The summed E-state index contributed by atoms with van der Waals surface area (Å²) in [5.41, 5.74) is 7.32. The summed E-state index contributed by atoms with van der Waals surface area (Å²) in [5, 5.41) is 7.43. The Kier molecular flexibility index (Phi) is 8.52. The number of hydrogen-bond donors (Lipinski definition) is 2. The third kappa shape index (κ3) is 5.51. The van der Waals surface area contributed by atoms with Gasteiger partial charge in [-0.2, -0.15) is 0 Å². The van der Waals surface area contributed by atoms with Gasteiger partial charge in [-0.3, -0.25) is 0 Å². The summed E-state index contributed by atoms with van der Waals surface area (Å²) in [7, 11) is 0. The fourth-order valence-corrected chi connectivity index (χ4v) is 5.70. The minimum Gasteiger partial charge on any atom is -0.385 e. The summed E-state index contributed by atoms with van der Waals surface area (Å²) < 4.78 is 0. The number of rotatable bonds is 10. The quantitative estimate of drug-likeness (QED) is 0.390. The molecular weight excluding hydrogens is 414 g/mol. The van der Waals surface area contributed by atoms with Crippen LogP contribution in [0.15, 0.2) is 85.4 Å². The van der Waals surface area contributed by atoms with Gasteiger partial charge in [0.2, 0.25) is 0 Å². The van der Waals surface area contributed by atoms with Gasteiger partial charge in [0, 0.05) is 23.1 Å². The molecule has 1 aromatic carbocycles. The lowest BCUT2D eigenvalue weighted by molar-refractivity contribution is 0.156. The minimum atomic E-state index is -0.0405. The predicted molar refractivity (Wildman–Crippen MR) is 147 cm³/mol. The number of allylic oxidation sites excluding steroid dienone is 1. The Hall–Kier alpha value is -2.68. The van der Waals surface area contributed by atoms with E-state index in [4.69, 9.17) is 6.58 Å². The van der Waals surface area contributed by atoms with Crippen molar-refractivity contribution in [2.75, 3.05) is 0 Å². The second-order valence-electron chi connectivity index (χ2n) is 10.7. The zero-order valence-corrected chi connectivity index (χ0v) is 22.0. The Labute approximate surface area is 208 Å². The SMILES string of the molecule is C=C/C(=C\CC)[C@H](C(=C)NC(C)C)N1C(=C)C(C2Cc3ccccc3C2)NC(=C)[C@H]1CC(C)C. The molecule has 3 heteroatoms. The maximum Gasteiger partial charge on any atom is 0.0936 e. The van der Waals surface area contributed by atoms with E-state index in [1.54, 1.807) is 0 Å². The van der Waals surface area contributed by atoms with Gasteiger partial charge in [-0.05, 0) is 68.1 Å². The van der Waals surface area contributed by atoms with Crippen molar-refractivity contribution in [2.24, 2.45) is 11.8 Å². The lowest BCUT2D eigenvalue weighted by atomic mass is 9.85. The van der Waals surface area contributed by atoms with Crippen LogP contribution in [0, 0.1) is 11.8 Å². The van der Waals surface area contributed by atoms with Gasteiger partial charge in [0.05, 0.1) is 18.1 Å². The summed E-state index contributed by atoms with van der Waals surface area (Å²) in [6.45, 7) is 29.0. The van der Waals surface area contributed by atoms with Gasteiger partial charge in [-0.1, -0.05) is 83.5 Å². The summed E-state index contributed by atoms with van der Waals surface area (Å²) in [6, 6.07) is 9.38. The molecular formula is C31H45N3. The van der Waals surface area contributed by atoms with E-state index in [0.717, 1.165) is 42.8 Å². The number of hydrogen-bond acceptors (Lipinski definition) is 3. The Bertz CT molecular complexity index is 926. The van der Waals surface area contributed by atoms with Gasteiger partial charge in [-0.25, -0.2) is 0 Å². The Morgan fingerprint density at radius 3 is 2.26 bits per heavy atom. The van der Waals surface area contributed by atoms with E-state index in [0.29, 0.717) is 17.9 Å². The highest BCUT2D eigenvalue weighted by atomic mass is 15.3. The van der Waals surface area contributed by atoms with Gasteiger partial charge in [0.15, 0.2) is 0 Å². The van der Waals surface area contributed by atoms with E-state index >= 15 is 0 Å². The van der Waals surface area contributed by atoms with E-state index in [2.05, 4.69) is 100 Å². The Balaban J connectivity index is 2.04. The number of nitrogens with zero attached hydrogens (tertiary/aromatic N) is 1. The first-order valence-electron chi connectivity index (χ1n) is 12.9. The predicted octanol–water partition coefficient (Wildman–Crippen LogP) is 6.52. The van der Waals surface area contributed by atoms with E-state index in [1.807, 2.05) is 6.08 Å². The molecule has 1 fully saturated rings. The standard InChI is InChI=1S/C31H45N3/c1-10-14-25(11-2)31(23(8)32-21(5)6)34-24(9)30(33-22(7)29(34)17-20(3)4)28-18-26-15-12-13-16-27(26)19-28/h11-16,20-21,28-33H,2,7-10,17-19H2,1,3-6H3/b25-14+/t29-,30?,31+/m1/s1. The van der Waals surface area contributed by atoms with Crippen LogP contribution in [0.5, 0.6) is 0 Å². The van der Waals surface area contributed by atoms with Crippen LogP contribution < -0.4 is 10.6 Å². The lowest BCUT2D eigenvalue weighted by Crippen LogP contribution is -2.59.